The van der Waals surface area contributed by atoms with Gasteiger partial charge in [-0.1, -0.05) is 0 Å². The summed E-state index contributed by atoms with van der Waals surface area (Å²) in [6.07, 6.45) is 0. The van der Waals surface area contributed by atoms with Crippen LogP contribution in [0.3, 0.4) is 0 Å². The molecule has 0 radical (unpaired) electrons. The molecule has 0 aromatic carbocycles. The molecule has 4 nitrogen and oxygen atoms in total. The second kappa shape index (κ2) is 4.77. The van der Waals surface area contributed by atoms with E-state index >= 15 is 0 Å². The van der Waals surface area contributed by atoms with E-state index in [1.807, 2.05) is 0 Å². The minimum absolute atomic E-state index is 0. The summed E-state index contributed by atoms with van der Waals surface area (Å²) < 4.78 is 0. The zero-order chi connectivity index (χ0) is 10.2. The first-order valence-electron chi connectivity index (χ1n) is 3.86. The van der Waals surface area contributed by atoms with Crippen LogP contribution in [0.5, 0.6) is 0 Å². The topological polar surface area (TPSA) is 73.0 Å². The maximum Gasteiger partial charge on any atom is 1.00 e. The van der Waals surface area contributed by atoms with Gasteiger partial charge in [0.15, 0.2) is 5.78 Å². The standard InChI is InChI=1S/C9H11NO3.Na/c1-4-7(6(3)11)5(2)10-8(4)9(12)13;/h10H,1-3H3,(H,12,13);/q;+1/p-1. The number of hydrogen-bond donors (Lipinski definition) is 1. The number of ketones is 1. The molecule has 0 saturated heterocycles. The van der Waals surface area contributed by atoms with Gasteiger partial charge < -0.3 is 14.9 Å². The molecule has 1 aromatic rings. The van der Waals surface area contributed by atoms with Crippen molar-refractivity contribution in [2.75, 3.05) is 0 Å². The Morgan fingerprint density at radius 2 is 1.79 bits per heavy atom. The number of carbonyl (C=O) groups is 2. The molecule has 70 valence electrons. The van der Waals surface area contributed by atoms with Crippen LogP contribution < -0.4 is 34.7 Å². The number of rotatable bonds is 2. The Morgan fingerprint density at radius 3 is 2.00 bits per heavy atom. The van der Waals surface area contributed by atoms with Gasteiger partial charge in [0.05, 0.1) is 11.7 Å². The van der Waals surface area contributed by atoms with Crippen LogP contribution >= 0.6 is 0 Å². The molecule has 0 aliphatic rings. The zero-order valence-corrected chi connectivity index (χ0v) is 10.7. The Kier molecular flexibility index (Phi) is 4.58. The van der Waals surface area contributed by atoms with Crippen LogP contribution in [0.1, 0.15) is 39.0 Å². The summed E-state index contributed by atoms with van der Waals surface area (Å²) >= 11 is 0. The third-order valence-electron chi connectivity index (χ3n) is 1.99. The van der Waals surface area contributed by atoms with Crippen LogP contribution in [-0.4, -0.2) is 16.7 Å². The quantitative estimate of drug-likeness (QED) is 0.417. The summed E-state index contributed by atoms with van der Waals surface area (Å²) in [5.74, 6) is -1.42. The number of carboxylic acids is 1. The van der Waals surface area contributed by atoms with Gasteiger partial charge in [-0.2, -0.15) is 0 Å². The SMILES string of the molecule is CC(=O)c1c(C)[nH]c(C(=O)[O-])c1C.[Na+]. The normalized spacial score (nSPS) is 9.36. The number of nitrogens with one attached hydrogen (secondary N) is 1. The Balaban J connectivity index is 0.00000169. The fraction of sp³-hybridized carbons (Fsp3) is 0.333. The molecule has 0 saturated carbocycles. The second-order valence-corrected chi connectivity index (χ2v) is 2.97. The van der Waals surface area contributed by atoms with Crippen molar-refractivity contribution in [1.82, 2.24) is 4.98 Å². The smallest absolute Gasteiger partial charge is 0.543 e. The predicted octanol–water partition coefficient (Wildman–Crippen LogP) is -2.80. The van der Waals surface area contributed by atoms with Crippen molar-refractivity contribution in [3.63, 3.8) is 0 Å². The molecule has 1 N–H and O–H groups in total. The molecule has 0 aliphatic carbocycles. The molecule has 0 atom stereocenters. The Hall–Kier alpha value is -0.580. The third kappa shape index (κ3) is 2.26. The molecule has 14 heavy (non-hydrogen) atoms. The number of H-pyrrole nitrogens is 1. The van der Waals surface area contributed by atoms with Crippen LogP contribution in [0.4, 0.5) is 0 Å². The van der Waals surface area contributed by atoms with E-state index < -0.39 is 5.97 Å². The monoisotopic (exact) mass is 203 g/mol. The summed E-state index contributed by atoms with van der Waals surface area (Å²) in [5, 5.41) is 10.6. The molecular weight excluding hydrogens is 193 g/mol. The van der Waals surface area contributed by atoms with Gasteiger partial charge in [-0.15, -0.1) is 0 Å². The van der Waals surface area contributed by atoms with Crippen molar-refractivity contribution in [3.05, 3.63) is 22.5 Å². The second-order valence-electron chi connectivity index (χ2n) is 2.97. The first kappa shape index (κ1) is 13.4. The van der Waals surface area contributed by atoms with E-state index in [-0.39, 0.29) is 41.0 Å². The first-order valence-corrected chi connectivity index (χ1v) is 3.86. The average molecular weight is 203 g/mol. The van der Waals surface area contributed by atoms with Gasteiger partial charge in [0, 0.05) is 11.3 Å². The Bertz CT molecular complexity index is 382. The average Bonchev–Trinajstić information content (AvgIpc) is 2.26. The van der Waals surface area contributed by atoms with Crippen LogP contribution in [0.25, 0.3) is 0 Å². The largest absolute Gasteiger partial charge is 1.00 e. The molecule has 0 bridgehead atoms. The summed E-state index contributed by atoms with van der Waals surface area (Å²) in [7, 11) is 0. The Labute approximate surface area is 104 Å². The van der Waals surface area contributed by atoms with E-state index in [1.54, 1.807) is 13.8 Å². The zero-order valence-electron chi connectivity index (χ0n) is 8.72. The Morgan fingerprint density at radius 1 is 1.29 bits per heavy atom. The van der Waals surface area contributed by atoms with E-state index in [1.165, 1.54) is 6.92 Å². The fourth-order valence-electron chi connectivity index (χ4n) is 1.48. The van der Waals surface area contributed by atoms with Gasteiger partial charge >= 0.3 is 29.6 Å². The van der Waals surface area contributed by atoms with Gasteiger partial charge in [0.25, 0.3) is 0 Å². The molecular formula is C9H10NNaO3. The van der Waals surface area contributed by atoms with E-state index in [4.69, 9.17) is 0 Å². The number of aryl methyl sites for hydroxylation is 1. The van der Waals surface area contributed by atoms with E-state index in [0.717, 1.165) is 0 Å². The molecule has 0 aliphatic heterocycles. The van der Waals surface area contributed by atoms with Crippen LogP contribution in [0.2, 0.25) is 0 Å². The summed E-state index contributed by atoms with van der Waals surface area (Å²) in [5.41, 5.74) is 1.45. The molecule has 1 heterocycles. The summed E-state index contributed by atoms with van der Waals surface area (Å²) in [6, 6.07) is 0. The summed E-state index contributed by atoms with van der Waals surface area (Å²) in [6.45, 7) is 4.66. The number of Topliss-reactive ketones (excluding diaryl/α,β-unsaturated/α-hetero) is 1. The van der Waals surface area contributed by atoms with Crippen LogP contribution in [-0.2, 0) is 0 Å². The molecule has 1 aromatic heterocycles. The molecule has 0 amide bonds. The van der Waals surface area contributed by atoms with Crippen molar-refractivity contribution < 1.29 is 44.3 Å². The molecule has 0 spiro atoms. The summed E-state index contributed by atoms with van der Waals surface area (Å²) in [4.78, 5) is 24.3. The number of carboxylic acid groups (broad SMARTS) is 1. The number of hydrogen-bond acceptors (Lipinski definition) is 3. The van der Waals surface area contributed by atoms with Gasteiger partial charge in [0.2, 0.25) is 0 Å². The van der Waals surface area contributed by atoms with E-state index in [0.29, 0.717) is 16.8 Å². The maximum atomic E-state index is 11.1. The van der Waals surface area contributed by atoms with Crippen LogP contribution in [0.15, 0.2) is 0 Å². The van der Waals surface area contributed by atoms with Crippen molar-refractivity contribution in [1.29, 1.82) is 0 Å². The number of aromatic amines is 1. The number of carbonyl (C=O) groups excluding carboxylic acids is 2. The van der Waals surface area contributed by atoms with E-state index in [2.05, 4.69) is 4.98 Å². The van der Waals surface area contributed by atoms with Gasteiger partial charge in [-0.3, -0.25) is 4.79 Å². The third-order valence-corrected chi connectivity index (χ3v) is 1.99. The molecule has 0 unspecified atom stereocenters. The molecule has 5 heteroatoms. The minimum atomic E-state index is -1.28. The van der Waals surface area contributed by atoms with Gasteiger partial charge in [-0.05, 0) is 26.3 Å². The molecule has 1 rings (SSSR count). The predicted molar refractivity (Wildman–Crippen MR) is 44.6 cm³/mol. The number of aromatic nitrogens is 1. The van der Waals surface area contributed by atoms with Gasteiger partial charge in [-0.25, -0.2) is 0 Å². The van der Waals surface area contributed by atoms with E-state index in [9.17, 15) is 14.7 Å². The van der Waals surface area contributed by atoms with Crippen molar-refractivity contribution in [2.45, 2.75) is 20.8 Å². The maximum absolute atomic E-state index is 11.1. The van der Waals surface area contributed by atoms with Gasteiger partial charge in [0.1, 0.15) is 0 Å². The molecule has 0 fully saturated rings. The van der Waals surface area contributed by atoms with Crippen LogP contribution in [0, 0.1) is 13.8 Å². The minimum Gasteiger partial charge on any atom is -0.543 e. The number of aromatic carboxylic acids is 1. The first-order chi connectivity index (χ1) is 5.95. The fourth-order valence-corrected chi connectivity index (χ4v) is 1.48. The van der Waals surface area contributed by atoms with Crippen molar-refractivity contribution >= 4 is 11.8 Å². The van der Waals surface area contributed by atoms with Crippen molar-refractivity contribution in [2.24, 2.45) is 0 Å². The van der Waals surface area contributed by atoms with Crippen molar-refractivity contribution in [3.8, 4) is 0 Å².